The molecule has 0 radical (unpaired) electrons. The lowest BCUT2D eigenvalue weighted by atomic mass is 9.90. The lowest BCUT2D eigenvalue weighted by Crippen LogP contribution is -2.59. The van der Waals surface area contributed by atoms with E-state index in [1.165, 1.54) is 26.4 Å². The number of hydrogen-bond acceptors (Lipinski definition) is 11. The van der Waals surface area contributed by atoms with E-state index in [1.807, 2.05) is 0 Å². The molecule has 204 valence electrons. The van der Waals surface area contributed by atoms with Gasteiger partial charge in [0, 0.05) is 11.5 Å². The van der Waals surface area contributed by atoms with Gasteiger partial charge in [-0.15, -0.1) is 0 Å². The summed E-state index contributed by atoms with van der Waals surface area (Å²) in [5.74, 6) is -0.306. The molecule has 2 aromatic carbocycles. The zero-order valence-electron chi connectivity index (χ0n) is 20.6. The summed E-state index contributed by atoms with van der Waals surface area (Å²) in [4.78, 5) is 0. The summed E-state index contributed by atoms with van der Waals surface area (Å²) < 4.78 is 21.8. The van der Waals surface area contributed by atoms with Crippen LogP contribution in [0, 0.1) is 0 Å². The van der Waals surface area contributed by atoms with E-state index in [9.17, 15) is 35.7 Å². The van der Waals surface area contributed by atoms with E-state index < -0.39 is 43.2 Å². The third kappa shape index (κ3) is 6.70. The Hall–Kier alpha value is -2.90. The van der Waals surface area contributed by atoms with Crippen molar-refractivity contribution in [2.24, 2.45) is 0 Å². The Morgan fingerprint density at radius 2 is 1.68 bits per heavy atom. The van der Waals surface area contributed by atoms with Crippen LogP contribution in [-0.2, 0) is 15.9 Å². The van der Waals surface area contributed by atoms with Crippen molar-refractivity contribution < 1.29 is 54.7 Å². The Labute approximate surface area is 214 Å². The minimum atomic E-state index is -1.60. The molecule has 7 N–H and O–H groups in total. The number of aromatic hydroxyl groups is 2. The van der Waals surface area contributed by atoms with Crippen molar-refractivity contribution in [3.05, 3.63) is 53.1 Å². The smallest absolute Gasteiger partial charge is 0.186 e. The van der Waals surface area contributed by atoms with Gasteiger partial charge in [0.15, 0.2) is 29.3 Å². The van der Waals surface area contributed by atoms with E-state index >= 15 is 0 Å². The van der Waals surface area contributed by atoms with Crippen molar-refractivity contribution in [1.82, 2.24) is 0 Å². The third-order valence-electron chi connectivity index (χ3n) is 6.24. The van der Waals surface area contributed by atoms with Crippen LogP contribution in [0.15, 0.2) is 36.4 Å². The highest BCUT2D eigenvalue weighted by molar-refractivity contribution is 5.60. The third-order valence-corrected chi connectivity index (χ3v) is 6.24. The van der Waals surface area contributed by atoms with Crippen LogP contribution in [0.1, 0.15) is 22.6 Å². The molecule has 0 amide bonds. The molecule has 0 aliphatic carbocycles. The fourth-order valence-corrected chi connectivity index (χ4v) is 4.21. The minimum Gasteiger partial charge on any atom is -0.504 e. The first kappa shape index (κ1) is 28.7. The second-order valence-electron chi connectivity index (χ2n) is 8.68. The lowest BCUT2D eigenvalue weighted by Gasteiger charge is -2.40. The molecule has 11 heteroatoms. The van der Waals surface area contributed by atoms with E-state index in [2.05, 4.69) is 0 Å². The summed E-state index contributed by atoms with van der Waals surface area (Å²) in [6.45, 7) is -0.913. The van der Waals surface area contributed by atoms with E-state index in [1.54, 1.807) is 30.3 Å². The molecule has 2 aromatic rings. The quantitative estimate of drug-likeness (QED) is 0.215. The Balaban J connectivity index is 1.97. The van der Waals surface area contributed by atoms with Crippen LogP contribution in [0.3, 0.4) is 0 Å². The number of benzene rings is 2. The summed E-state index contributed by atoms with van der Waals surface area (Å²) in [5.41, 5.74) is 1.79. The summed E-state index contributed by atoms with van der Waals surface area (Å²) in [6, 6.07) is 8.10. The number of ether oxygens (including phenoxy) is 4. The fraction of sp³-hybridized carbons (Fsp3) is 0.462. The summed E-state index contributed by atoms with van der Waals surface area (Å²) in [6.07, 6.45) is -3.76. The van der Waals surface area contributed by atoms with Crippen LogP contribution >= 0.6 is 0 Å². The lowest BCUT2D eigenvalue weighted by molar-refractivity contribution is -0.301. The molecule has 37 heavy (non-hydrogen) atoms. The van der Waals surface area contributed by atoms with Crippen LogP contribution in [0.25, 0.3) is 6.08 Å². The van der Waals surface area contributed by atoms with Gasteiger partial charge in [-0.2, -0.15) is 0 Å². The van der Waals surface area contributed by atoms with E-state index in [0.717, 1.165) is 5.56 Å². The maximum Gasteiger partial charge on any atom is 0.186 e. The predicted octanol–water partition coefficient (Wildman–Crippen LogP) is 0.263. The van der Waals surface area contributed by atoms with Gasteiger partial charge in [0.05, 0.1) is 34.0 Å². The zero-order valence-corrected chi connectivity index (χ0v) is 20.6. The van der Waals surface area contributed by atoms with Crippen molar-refractivity contribution in [3.8, 4) is 23.0 Å². The molecule has 0 spiro atoms. The van der Waals surface area contributed by atoms with Gasteiger partial charge in [-0.25, -0.2) is 0 Å². The Kier molecular flexibility index (Phi) is 10.1. The number of rotatable bonds is 11. The molecule has 0 bridgehead atoms. The van der Waals surface area contributed by atoms with Crippen molar-refractivity contribution >= 4 is 6.08 Å². The second-order valence-corrected chi connectivity index (χ2v) is 8.68. The summed E-state index contributed by atoms with van der Waals surface area (Å²) in [7, 11) is 2.83. The number of phenols is 2. The van der Waals surface area contributed by atoms with Gasteiger partial charge in [0.2, 0.25) is 0 Å². The summed E-state index contributed by atoms with van der Waals surface area (Å²) in [5, 5.41) is 70.1. The highest BCUT2D eigenvalue weighted by atomic mass is 16.7. The Morgan fingerprint density at radius 1 is 0.946 bits per heavy atom. The fourth-order valence-electron chi connectivity index (χ4n) is 4.21. The standard InChI is InChI=1S/C26H34O11/c1-34-19-10-15(5-6-18(19)29)8-16(13-36-26-25(33)24(32)23(31)21(12-28)37-26)17-9-14(4-3-7-27)11-20(35-2)22(17)30/h3-6,9-11,16,21,23-33H,7-8,12-13H2,1-2H3/t16-,21-,23+,24+,25-,26+/m0/s1. The van der Waals surface area contributed by atoms with Gasteiger partial charge in [-0.1, -0.05) is 18.2 Å². The molecule has 0 unspecified atom stereocenters. The molecule has 1 aliphatic rings. The first-order valence-corrected chi connectivity index (χ1v) is 11.7. The van der Waals surface area contributed by atoms with Gasteiger partial charge >= 0.3 is 0 Å². The largest absolute Gasteiger partial charge is 0.504 e. The first-order valence-electron chi connectivity index (χ1n) is 11.7. The van der Waals surface area contributed by atoms with E-state index in [-0.39, 0.29) is 42.6 Å². The van der Waals surface area contributed by atoms with Gasteiger partial charge in [-0.3, -0.25) is 0 Å². The van der Waals surface area contributed by atoms with E-state index in [0.29, 0.717) is 11.1 Å². The molecule has 0 aromatic heterocycles. The summed E-state index contributed by atoms with van der Waals surface area (Å²) >= 11 is 0. The normalized spacial score (nSPS) is 24.8. The molecular weight excluding hydrogens is 488 g/mol. The zero-order chi connectivity index (χ0) is 27.1. The van der Waals surface area contributed by atoms with Gasteiger partial charge in [0.1, 0.15) is 24.4 Å². The number of aliphatic hydroxyl groups is 5. The number of phenolic OH excluding ortho intramolecular Hbond substituents is 2. The molecule has 3 rings (SSSR count). The maximum atomic E-state index is 11.0. The van der Waals surface area contributed by atoms with Crippen molar-refractivity contribution in [3.63, 3.8) is 0 Å². The van der Waals surface area contributed by atoms with Crippen molar-refractivity contribution in [1.29, 1.82) is 0 Å². The van der Waals surface area contributed by atoms with Crippen LogP contribution in [0.2, 0.25) is 0 Å². The topological polar surface area (TPSA) is 179 Å². The van der Waals surface area contributed by atoms with Crippen molar-refractivity contribution in [2.45, 2.75) is 43.0 Å². The highest BCUT2D eigenvalue weighted by Crippen LogP contribution is 2.39. The second kappa shape index (κ2) is 13.1. The SMILES string of the molecule is COc1cc(C[C@@H](CO[C@@H]2O[C@@H](CO)[C@@H](O)[C@@H](O)[C@@H]2O)c2cc(C=CCO)cc(OC)c2O)ccc1O. The van der Waals surface area contributed by atoms with Crippen molar-refractivity contribution in [2.75, 3.05) is 34.0 Å². The maximum absolute atomic E-state index is 11.0. The van der Waals surface area contributed by atoms with Crippen LogP contribution in [0.5, 0.6) is 23.0 Å². The highest BCUT2D eigenvalue weighted by Gasteiger charge is 2.44. The van der Waals surface area contributed by atoms with Gasteiger partial charge in [0.25, 0.3) is 0 Å². The van der Waals surface area contributed by atoms with Gasteiger partial charge in [-0.05, 0) is 41.8 Å². The molecular formula is C26H34O11. The van der Waals surface area contributed by atoms with Crippen LogP contribution in [0.4, 0.5) is 0 Å². The molecule has 1 saturated heterocycles. The Bertz CT molecular complexity index is 1060. The molecule has 1 heterocycles. The number of methoxy groups -OCH3 is 2. The average Bonchev–Trinajstić information content (AvgIpc) is 2.90. The van der Waals surface area contributed by atoms with E-state index in [4.69, 9.17) is 18.9 Å². The molecule has 6 atom stereocenters. The molecule has 1 aliphatic heterocycles. The monoisotopic (exact) mass is 522 g/mol. The Morgan fingerprint density at radius 3 is 2.32 bits per heavy atom. The predicted molar refractivity (Wildman–Crippen MR) is 132 cm³/mol. The molecule has 1 fully saturated rings. The van der Waals surface area contributed by atoms with Crippen LogP contribution < -0.4 is 9.47 Å². The minimum absolute atomic E-state index is 0.0407. The molecule has 0 saturated carbocycles. The first-order chi connectivity index (χ1) is 17.7. The molecule has 11 nitrogen and oxygen atoms in total. The van der Waals surface area contributed by atoms with Crippen LogP contribution in [-0.4, -0.2) is 100 Å². The number of aliphatic hydroxyl groups excluding tert-OH is 5. The van der Waals surface area contributed by atoms with Gasteiger partial charge < -0.3 is 54.7 Å². The average molecular weight is 523 g/mol. The number of hydrogen-bond donors (Lipinski definition) is 7.